The number of unbranched alkanes of at least 4 members (excludes halogenated alkanes) is 1. The van der Waals surface area contributed by atoms with Crippen molar-refractivity contribution in [1.82, 2.24) is 35.1 Å². The molecule has 1 unspecified atom stereocenters. The van der Waals surface area contributed by atoms with E-state index in [2.05, 4.69) is 32.2 Å². The highest BCUT2D eigenvalue weighted by atomic mass is 35.5. The number of halogens is 1. The van der Waals surface area contributed by atoms with E-state index in [1.165, 1.54) is 0 Å². The van der Waals surface area contributed by atoms with Crippen molar-refractivity contribution < 1.29 is 44.2 Å². The predicted octanol–water partition coefficient (Wildman–Crippen LogP) is 4.65. The number of nitrogens with zero attached hydrogens (tertiary/aromatic N) is 7. The van der Waals surface area contributed by atoms with Gasteiger partial charge in [-0.1, -0.05) is 73.5 Å². The van der Waals surface area contributed by atoms with Crippen LogP contribution in [0.4, 0.5) is 4.79 Å². The molecule has 4 rings (SSSR count). The summed E-state index contributed by atoms with van der Waals surface area (Å²) in [5.74, 6) is -0.186. The summed E-state index contributed by atoms with van der Waals surface area (Å²) < 4.78 is 16.9. The Morgan fingerprint density at radius 1 is 1.02 bits per heavy atom. The van der Waals surface area contributed by atoms with Crippen LogP contribution in [-0.4, -0.2) is 89.2 Å². The van der Waals surface area contributed by atoms with Gasteiger partial charge in [-0.3, -0.25) is 10.4 Å². The lowest BCUT2D eigenvalue weighted by molar-refractivity contribution is -0.493. The van der Waals surface area contributed by atoms with Crippen molar-refractivity contribution in [2.75, 3.05) is 26.4 Å². The second kappa shape index (κ2) is 16.7. The zero-order valence-corrected chi connectivity index (χ0v) is 25.9. The van der Waals surface area contributed by atoms with Crippen molar-refractivity contribution in [2.24, 2.45) is 0 Å². The molecule has 0 fully saturated rings. The molecule has 2 heterocycles. The van der Waals surface area contributed by atoms with Crippen molar-refractivity contribution in [1.29, 1.82) is 0 Å². The number of hydrogen-bond donors (Lipinski definition) is 3. The molecular weight excluding hydrogens is 626 g/mol. The van der Waals surface area contributed by atoms with Gasteiger partial charge in [-0.05, 0) is 35.2 Å². The Bertz CT molecular complexity index is 1590. The Morgan fingerprint density at radius 2 is 1.74 bits per heavy atom. The topological polar surface area (TPSA) is 196 Å². The smallest absolute Gasteiger partial charge is 0.476 e. The summed E-state index contributed by atoms with van der Waals surface area (Å²) >= 11 is 6.18. The summed E-state index contributed by atoms with van der Waals surface area (Å²) in [4.78, 5) is 33.7. The number of aromatic nitrogens is 6. The molecule has 3 N–H and O–H groups in total. The normalized spacial score (nSPS) is 12.0. The molecule has 0 aliphatic rings. The zero-order chi connectivity index (χ0) is 33.1. The van der Waals surface area contributed by atoms with E-state index in [0.717, 1.165) is 34.3 Å². The van der Waals surface area contributed by atoms with E-state index in [4.69, 9.17) is 36.2 Å². The van der Waals surface area contributed by atoms with Gasteiger partial charge in [0.2, 0.25) is 12.1 Å². The molecule has 17 heteroatoms. The number of carboxylic acid groups (broad SMARTS) is 1. The van der Waals surface area contributed by atoms with Gasteiger partial charge >= 0.3 is 12.1 Å². The molecule has 0 spiro atoms. The second-order valence-corrected chi connectivity index (χ2v) is 10.2. The molecule has 0 radical (unpaired) electrons. The van der Waals surface area contributed by atoms with Crippen LogP contribution in [0.15, 0.2) is 48.5 Å². The highest BCUT2D eigenvalue weighted by Crippen LogP contribution is 2.30. The fourth-order valence-corrected chi connectivity index (χ4v) is 4.72. The van der Waals surface area contributed by atoms with Gasteiger partial charge < -0.3 is 23.9 Å². The van der Waals surface area contributed by atoms with Crippen molar-refractivity contribution in [3.05, 3.63) is 70.8 Å². The van der Waals surface area contributed by atoms with Crippen LogP contribution in [0.2, 0.25) is 5.15 Å². The van der Waals surface area contributed by atoms with Gasteiger partial charge in [-0.2, -0.15) is 0 Å². The van der Waals surface area contributed by atoms with Crippen LogP contribution in [0.25, 0.3) is 22.5 Å². The minimum absolute atomic E-state index is 0.0188. The molecule has 0 bridgehead atoms. The summed E-state index contributed by atoms with van der Waals surface area (Å²) in [6.07, 6.45) is 0.535. The lowest BCUT2D eigenvalue weighted by Gasteiger charge is -2.12. The Kier molecular flexibility index (Phi) is 12.5. The van der Waals surface area contributed by atoms with Crippen molar-refractivity contribution >= 4 is 23.7 Å². The first kappa shape index (κ1) is 34.4. The van der Waals surface area contributed by atoms with Crippen molar-refractivity contribution in [3.63, 3.8) is 0 Å². The third kappa shape index (κ3) is 9.29. The monoisotopic (exact) mass is 659 g/mol. The molecule has 2 aromatic carbocycles. The molecule has 246 valence electrons. The largest absolute Gasteiger partial charge is 0.510 e. The molecule has 0 saturated heterocycles. The van der Waals surface area contributed by atoms with Gasteiger partial charge in [0.25, 0.3) is 0 Å². The van der Waals surface area contributed by atoms with Gasteiger partial charge in [0.1, 0.15) is 12.4 Å². The SMILES string of the molecule is CCCCc1nc(Cl)c(C(=O)O)n1Cc1ccc(-c2ccccc2-c2nnn(C(C)OC(=O)OCCOCCON(O)O)n2)cc1. The van der Waals surface area contributed by atoms with Gasteiger partial charge in [0, 0.05) is 18.5 Å². The number of hydrogen-bond acceptors (Lipinski definition) is 13. The number of carbonyl (C=O) groups is 2. The van der Waals surface area contributed by atoms with Crippen LogP contribution in [0, 0.1) is 0 Å². The number of tetrazole rings is 1. The van der Waals surface area contributed by atoms with Gasteiger partial charge in [0.15, 0.2) is 10.8 Å². The number of rotatable bonds is 17. The minimum Gasteiger partial charge on any atom is -0.476 e. The number of benzene rings is 2. The van der Waals surface area contributed by atoms with Crippen LogP contribution in [0.3, 0.4) is 0 Å². The fraction of sp³-hybridized carbons (Fsp3) is 0.379. The summed E-state index contributed by atoms with van der Waals surface area (Å²) in [6, 6.07) is 15.2. The average molecular weight is 660 g/mol. The van der Waals surface area contributed by atoms with E-state index in [0.29, 0.717) is 30.2 Å². The van der Waals surface area contributed by atoms with E-state index in [9.17, 15) is 14.7 Å². The molecule has 16 nitrogen and oxygen atoms in total. The molecule has 0 amide bonds. The van der Waals surface area contributed by atoms with Crippen LogP contribution in [0.5, 0.6) is 0 Å². The number of carboxylic acids is 1. The maximum atomic E-state index is 12.1. The molecule has 0 aliphatic carbocycles. The fourth-order valence-electron chi connectivity index (χ4n) is 4.44. The summed E-state index contributed by atoms with van der Waals surface area (Å²) in [5.41, 5.74) is 3.24. The number of aryl methyl sites for hydroxylation is 1. The minimum atomic E-state index is -1.13. The van der Waals surface area contributed by atoms with E-state index >= 15 is 0 Å². The third-order valence-electron chi connectivity index (χ3n) is 6.64. The first-order valence-electron chi connectivity index (χ1n) is 14.4. The number of imidazole rings is 1. The molecule has 1 atom stereocenters. The van der Waals surface area contributed by atoms with Crippen molar-refractivity contribution in [2.45, 2.75) is 45.9 Å². The van der Waals surface area contributed by atoms with E-state index in [-0.39, 0.29) is 37.3 Å². The lowest BCUT2D eigenvalue weighted by Crippen LogP contribution is -2.20. The predicted molar refractivity (Wildman–Crippen MR) is 160 cm³/mol. The standard InChI is InChI=1S/C29H34ClN7O9/c1-3-4-9-24-31-26(30)25(28(38)39)35(24)18-20-10-12-21(13-11-20)22-7-5-6-8-23(22)27-32-34-36(33-27)19(2)46-29(40)44-16-14-43-15-17-45-37(41)42/h5-8,10-13,19,41-42H,3-4,9,14-18H2,1-2H3,(H,38,39). The maximum absolute atomic E-state index is 12.1. The first-order valence-corrected chi connectivity index (χ1v) is 14.7. The highest BCUT2D eigenvalue weighted by Gasteiger charge is 2.22. The molecular formula is C29H34ClN7O9. The van der Waals surface area contributed by atoms with Crippen LogP contribution in [0.1, 0.15) is 54.8 Å². The third-order valence-corrected chi connectivity index (χ3v) is 6.90. The first-order chi connectivity index (χ1) is 22.2. The molecule has 2 aromatic heterocycles. The summed E-state index contributed by atoms with van der Waals surface area (Å²) in [7, 11) is 0. The lowest BCUT2D eigenvalue weighted by atomic mass is 9.98. The van der Waals surface area contributed by atoms with Gasteiger partial charge in [-0.25, -0.2) is 19.4 Å². The average Bonchev–Trinajstić information content (AvgIpc) is 3.64. The van der Waals surface area contributed by atoms with E-state index in [1.54, 1.807) is 11.5 Å². The Balaban J connectivity index is 1.40. The van der Waals surface area contributed by atoms with E-state index < -0.39 is 23.7 Å². The number of ether oxygens (including phenoxy) is 3. The highest BCUT2D eigenvalue weighted by molar-refractivity contribution is 6.32. The zero-order valence-electron chi connectivity index (χ0n) is 25.2. The Labute approximate surface area is 268 Å². The van der Waals surface area contributed by atoms with Crippen LogP contribution >= 0.6 is 11.6 Å². The maximum Gasteiger partial charge on any atom is 0.510 e. The van der Waals surface area contributed by atoms with Gasteiger partial charge in [0.05, 0.1) is 25.2 Å². The quantitative estimate of drug-likeness (QED) is 0.0804. The number of carbonyl (C=O) groups excluding carboxylic acids is 1. The Hall–Kier alpha value is -4.45. The molecule has 0 saturated carbocycles. The summed E-state index contributed by atoms with van der Waals surface area (Å²) in [5, 5.41) is 38.7. The van der Waals surface area contributed by atoms with Crippen LogP contribution < -0.4 is 0 Å². The van der Waals surface area contributed by atoms with Crippen LogP contribution in [-0.2, 0) is 32.0 Å². The summed E-state index contributed by atoms with van der Waals surface area (Å²) in [6.45, 7) is 3.77. The Morgan fingerprint density at radius 3 is 2.43 bits per heavy atom. The second-order valence-electron chi connectivity index (χ2n) is 9.85. The molecule has 4 aromatic rings. The number of aromatic carboxylic acids is 1. The van der Waals surface area contributed by atoms with Crippen molar-refractivity contribution in [3.8, 4) is 22.5 Å². The molecule has 46 heavy (non-hydrogen) atoms. The van der Waals surface area contributed by atoms with E-state index in [1.807, 2.05) is 48.5 Å². The van der Waals surface area contributed by atoms with Gasteiger partial charge in [-0.15, -0.1) is 15.0 Å². The molecule has 0 aliphatic heterocycles.